The Kier molecular flexibility index (Phi) is 4.07. The number of amides is 1. The van der Waals surface area contributed by atoms with Crippen molar-refractivity contribution in [2.24, 2.45) is 0 Å². The van der Waals surface area contributed by atoms with E-state index >= 15 is 0 Å². The summed E-state index contributed by atoms with van der Waals surface area (Å²) in [6.45, 7) is 6.21. The third kappa shape index (κ3) is 2.93. The Bertz CT molecular complexity index is 724. The molecule has 3 rings (SSSR count). The average Bonchev–Trinajstić information content (AvgIpc) is 2.71. The molecule has 1 aromatic heterocycles. The number of hydrogen-bond acceptors (Lipinski definition) is 3. The fraction of sp³-hybridized carbons (Fsp3) is 0.368. The minimum atomic E-state index is -0.0901. The zero-order valence-corrected chi connectivity index (χ0v) is 14.0. The quantitative estimate of drug-likeness (QED) is 0.928. The van der Waals surface area contributed by atoms with Crippen molar-refractivity contribution in [3.8, 4) is 0 Å². The summed E-state index contributed by atoms with van der Waals surface area (Å²) in [4.78, 5) is 18.9. The Hall–Kier alpha value is -2.36. The summed E-state index contributed by atoms with van der Waals surface area (Å²) in [6, 6.07) is 12.3. The van der Waals surface area contributed by atoms with Crippen molar-refractivity contribution in [1.29, 1.82) is 0 Å². The van der Waals surface area contributed by atoms with E-state index in [9.17, 15) is 4.79 Å². The number of rotatable bonds is 2. The molecular formula is C19H23N3O. The highest BCUT2D eigenvalue weighted by Crippen LogP contribution is 2.33. The first-order valence-corrected chi connectivity index (χ1v) is 8.03. The number of fused-ring (bicyclic) bond motifs is 1. The lowest BCUT2D eigenvalue weighted by Gasteiger charge is -2.32. The van der Waals surface area contributed by atoms with Crippen molar-refractivity contribution >= 4 is 11.7 Å². The summed E-state index contributed by atoms with van der Waals surface area (Å²) in [5, 5.41) is 2.71. The standard InChI is InChI=1S/C19H23N3O/c1-19(2)13-22(12-10-14-7-4-5-9-16(14)19)17-15(18(23)20-3)8-6-11-21-17/h4-9,11H,10,12-13H2,1-3H3,(H,20,23). The van der Waals surface area contributed by atoms with Gasteiger partial charge in [0.05, 0.1) is 5.56 Å². The second-order valence-corrected chi connectivity index (χ2v) is 6.67. The zero-order valence-electron chi connectivity index (χ0n) is 14.0. The molecule has 120 valence electrons. The predicted octanol–water partition coefficient (Wildman–Crippen LogP) is 2.78. The van der Waals surface area contributed by atoms with Gasteiger partial charge < -0.3 is 10.2 Å². The Balaban J connectivity index is 2.00. The fourth-order valence-corrected chi connectivity index (χ4v) is 3.44. The molecule has 0 saturated heterocycles. The maximum Gasteiger partial charge on any atom is 0.254 e. The van der Waals surface area contributed by atoms with Crippen LogP contribution in [0.2, 0.25) is 0 Å². The van der Waals surface area contributed by atoms with Crippen LogP contribution in [0.15, 0.2) is 42.6 Å². The molecule has 1 aromatic carbocycles. The number of benzene rings is 1. The van der Waals surface area contributed by atoms with Crippen molar-refractivity contribution in [1.82, 2.24) is 10.3 Å². The van der Waals surface area contributed by atoms with Gasteiger partial charge >= 0.3 is 0 Å². The highest BCUT2D eigenvalue weighted by Gasteiger charge is 2.31. The van der Waals surface area contributed by atoms with Crippen LogP contribution in [0.1, 0.15) is 35.3 Å². The molecule has 0 spiro atoms. The maximum atomic E-state index is 12.2. The fourth-order valence-electron chi connectivity index (χ4n) is 3.44. The number of carbonyl (C=O) groups excluding carboxylic acids is 1. The molecule has 2 heterocycles. The van der Waals surface area contributed by atoms with Gasteiger partial charge in [-0.3, -0.25) is 4.79 Å². The monoisotopic (exact) mass is 309 g/mol. The molecule has 4 nitrogen and oxygen atoms in total. The Morgan fingerprint density at radius 3 is 2.78 bits per heavy atom. The smallest absolute Gasteiger partial charge is 0.254 e. The van der Waals surface area contributed by atoms with E-state index in [-0.39, 0.29) is 11.3 Å². The molecule has 0 radical (unpaired) electrons. The molecule has 23 heavy (non-hydrogen) atoms. The van der Waals surface area contributed by atoms with Crippen LogP contribution in [0.4, 0.5) is 5.82 Å². The molecule has 2 aromatic rings. The number of pyridine rings is 1. The van der Waals surface area contributed by atoms with Crippen LogP contribution >= 0.6 is 0 Å². The van der Waals surface area contributed by atoms with Crippen molar-refractivity contribution in [3.63, 3.8) is 0 Å². The first-order valence-electron chi connectivity index (χ1n) is 8.03. The van der Waals surface area contributed by atoms with Crippen LogP contribution in [-0.2, 0) is 11.8 Å². The van der Waals surface area contributed by atoms with Crippen LogP contribution in [0, 0.1) is 0 Å². The molecule has 4 heteroatoms. The number of aromatic nitrogens is 1. The van der Waals surface area contributed by atoms with Gasteiger partial charge in [-0.1, -0.05) is 38.1 Å². The topological polar surface area (TPSA) is 45.2 Å². The SMILES string of the molecule is CNC(=O)c1cccnc1N1CCc2ccccc2C(C)(C)C1. The predicted molar refractivity (Wildman–Crippen MR) is 93.0 cm³/mol. The Labute approximate surface area is 137 Å². The largest absolute Gasteiger partial charge is 0.355 e. The third-order valence-corrected chi connectivity index (χ3v) is 4.54. The third-order valence-electron chi connectivity index (χ3n) is 4.54. The number of anilines is 1. The lowest BCUT2D eigenvalue weighted by atomic mass is 9.82. The molecule has 1 N–H and O–H groups in total. The van der Waals surface area contributed by atoms with Gasteiger partial charge in [-0.2, -0.15) is 0 Å². The van der Waals surface area contributed by atoms with Crippen molar-refractivity contribution < 1.29 is 4.79 Å². The van der Waals surface area contributed by atoms with Crippen molar-refractivity contribution in [2.45, 2.75) is 25.7 Å². The molecule has 1 amide bonds. The Morgan fingerprint density at radius 2 is 2.00 bits per heavy atom. The summed E-state index contributed by atoms with van der Waals surface area (Å²) in [6.07, 6.45) is 2.72. The molecule has 0 unspecified atom stereocenters. The average molecular weight is 309 g/mol. The van der Waals surface area contributed by atoms with Crippen LogP contribution in [0.5, 0.6) is 0 Å². The molecule has 1 aliphatic rings. The van der Waals surface area contributed by atoms with Gasteiger partial charge in [0.1, 0.15) is 5.82 Å². The summed E-state index contributed by atoms with van der Waals surface area (Å²) >= 11 is 0. The summed E-state index contributed by atoms with van der Waals surface area (Å²) in [5.74, 6) is 0.681. The van der Waals surface area contributed by atoms with Gasteiger partial charge in [-0.25, -0.2) is 4.98 Å². The number of carbonyl (C=O) groups is 1. The van der Waals surface area contributed by atoms with E-state index in [2.05, 4.69) is 53.3 Å². The second-order valence-electron chi connectivity index (χ2n) is 6.67. The second kappa shape index (κ2) is 6.03. The van der Waals surface area contributed by atoms with E-state index in [0.717, 1.165) is 25.3 Å². The first-order chi connectivity index (χ1) is 11.0. The van der Waals surface area contributed by atoms with Crippen LogP contribution in [0.3, 0.4) is 0 Å². The van der Waals surface area contributed by atoms with Gasteiger partial charge in [0.25, 0.3) is 5.91 Å². The minimum Gasteiger partial charge on any atom is -0.355 e. The number of nitrogens with one attached hydrogen (secondary N) is 1. The van der Waals surface area contributed by atoms with Gasteiger partial charge in [0.2, 0.25) is 0 Å². The van der Waals surface area contributed by atoms with Crippen LogP contribution < -0.4 is 10.2 Å². The molecular weight excluding hydrogens is 286 g/mol. The van der Waals surface area contributed by atoms with Crippen molar-refractivity contribution in [3.05, 3.63) is 59.3 Å². The van der Waals surface area contributed by atoms with Gasteiger partial charge in [-0.15, -0.1) is 0 Å². The summed E-state index contributed by atoms with van der Waals surface area (Å²) in [7, 11) is 1.65. The van der Waals surface area contributed by atoms with Crippen molar-refractivity contribution in [2.75, 3.05) is 25.0 Å². The van der Waals surface area contributed by atoms with E-state index < -0.39 is 0 Å². The van der Waals surface area contributed by atoms with E-state index in [1.807, 2.05) is 12.1 Å². The maximum absolute atomic E-state index is 12.2. The summed E-state index contributed by atoms with van der Waals surface area (Å²) in [5.41, 5.74) is 3.42. The molecule has 0 bridgehead atoms. The van der Waals surface area contributed by atoms with Gasteiger partial charge in [-0.05, 0) is 29.7 Å². The van der Waals surface area contributed by atoms with E-state index in [4.69, 9.17) is 0 Å². The summed E-state index contributed by atoms with van der Waals surface area (Å²) < 4.78 is 0. The van der Waals surface area contributed by atoms with E-state index in [1.54, 1.807) is 13.2 Å². The van der Waals surface area contributed by atoms with Gasteiger partial charge in [0.15, 0.2) is 0 Å². The first kappa shape index (κ1) is 15.5. The van der Waals surface area contributed by atoms with E-state index in [1.165, 1.54) is 11.1 Å². The van der Waals surface area contributed by atoms with Crippen LogP contribution in [0.25, 0.3) is 0 Å². The number of nitrogens with zero attached hydrogens (tertiary/aromatic N) is 2. The zero-order chi connectivity index (χ0) is 16.4. The van der Waals surface area contributed by atoms with Crippen LogP contribution in [-0.4, -0.2) is 31.0 Å². The lowest BCUT2D eigenvalue weighted by molar-refractivity contribution is 0.0963. The molecule has 0 atom stereocenters. The minimum absolute atomic E-state index is 0.00454. The Morgan fingerprint density at radius 1 is 1.22 bits per heavy atom. The number of hydrogen-bond donors (Lipinski definition) is 1. The normalized spacial score (nSPS) is 16.4. The van der Waals surface area contributed by atoms with Gasteiger partial charge in [0, 0.05) is 31.7 Å². The highest BCUT2D eigenvalue weighted by molar-refractivity contribution is 5.98. The lowest BCUT2D eigenvalue weighted by Crippen LogP contribution is -2.37. The highest BCUT2D eigenvalue weighted by atomic mass is 16.1. The molecule has 1 aliphatic heterocycles. The molecule has 0 saturated carbocycles. The van der Waals surface area contributed by atoms with E-state index in [0.29, 0.717) is 5.56 Å². The molecule has 0 aliphatic carbocycles. The molecule has 0 fully saturated rings.